The van der Waals surface area contributed by atoms with Crippen molar-refractivity contribution in [2.75, 3.05) is 20.8 Å². The van der Waals surface area contributed by atoms with Crippen molar-refractivity contribution in [1.82, 2.24) is 0 Å². The molecule has 3 nitrogen and oxygen atoms in total. The number of hydrogen-bond acceptors (Lipinski definition) is 3. The van der Waals surface area contributed by atoms with Gasteiger partial charge in [-0.25, -0.2) is 0 Å². The van der Waals surface area contributed by atoms with Crippen molar-refractivity contribution >= 4 is 7.85 Å². The lowest BCUT2D eigenvalue weighted by Gasteiger charge is -2.38. The van der Waals surface area contributed by atoms with Gasteiger partial charge in [0.05, 0.1) is 12.7 Å². The fourth-order valence-corrected chi connectivity index (χ4v) is 2.89. The second kappa shape index (κ2) is 3.93. The van der Waals surface area contributed by atoms with Crippen LogP contribution >= 0.6 is 0 Å². The summed E-state index contributed by atoms with van der Waals surface area (Å²) in [7, 11) is 9.34. The second-order valence-electron chi connectivity index (χ2n) is 4.42. The summed E-state index contributed by atoms with van der Waals surface area (Å²) in [6.45, 7) is 4.58. The van der Waals surface area contributed by atoms with Crippen molar-refractivity contribution in [2.45, 2.75) is 30.5 Å². The molecule has 0 aromatic rings. The smallest absolute Gasteiger partial charge is 0.118 e. The van der Waals surface area contributed by atoms with Gasteiger partial charge in [-0.15, -0.1) is 0 Å². The highest BCUT2D eigenvalue weighted by molar-refractivity contribution is 6.11. The van der Waals surface area contributed by atoms with Crippen molar-refractivity contribution in [3.63, 3.8) is 0 Å². The summed E-state index contributed by atoms with van der Waals surface area (Å²) in [6, 6.07) is -0.305. The molecule has 1 saturated carbocycles. The molecule has 2 aliphatic rings. The normalized spacial score (nSPS) is 44.7. The van der Waals surface area contributed by atoms with E-state index in [0.29, 0.717) is 6.61 Å². The fourth-order valence-electron chi connectivity index (χ4n) is 2.89. The van der Waals surface area contributed by atoms with E-state index in [4.69, 9.17) is 22.1 Å². The number of hydrogen-bond donors (Lipinski definition) is 0. The molecule has 0 amide bonds. The van der Waals surface area contributed by atoms with E-state index in [1.165, 1.54) is 0 Å². The Hall–Kier alpha value is -0.315. The number of methoxy groups -OCH3 is 2. The highest BCUT2D eigenvalue weighted by Crippen LogP contribution is 2.48. The lowest BCUT2D eigenvalue weighted by Crippen LogP contribution is -2.49. The molecule has 1 aliphatic heterocycles. The Morgan fingerprint density at radius 3 is 2.93 bits per heavy atom. The molecule has 1 heterocycles. The minimum absolute atomic E-state index is 0.0197. The van der Waals surface area contributed by atoms with Crippen LogP contribution in [0, 0.1) is 5.92 Å². The predicted octanol–water partition coefficient (Wildman–Crippen LogP) is 0.878. The largest absolute Gasteiger partial charge is 0.382 e. The van der Waals surface area contributed by atoms with E-state index >= 15 is 0 Å². The summed E-state index contributed by atoms with van der Waals surface area (Å²) in [5, 5.41) is 0. The third-order valence-electron chi connectivity index (χ3n) is 3.55. The first-order chi connectivity index (χ1) is 7.14. The van der Waals surface area contributed by atoms with Crippen LogP contribution in [0.4, 0.5) is 0 Å². The van der Waals surface area contributed by atoms with E-state index < -0.39 is 0 Å². The molecule has 1 saturated heterocycles. The van der Waals surface area contributed by atoms with Gasteiger partial charge in [0, 0.05) is 26.1 Å². The average molecular weight is 208 g/mol. The molecular formula is C11H17BO3. The minimum Gasteiger partial charge on any atom is -0.382 e. The van der Waals surface area contributed by atoms with Crippen LogP contribution in [-0.2, 0) is 14.2 Å². The Morgan fingerprint density at radius 1 is 1.60 bits per heavy atom. The van der Waals surface area contributed by atoms with Crippen molar-refractivity contribution < 1.29 is 14.2 Å². The highest BCUT2D eigenvalue weighted by atomic mass is 16.6. The van der Waals surface area contributed by atoms with Gasteiger partial charge in [0.25, 0.3) is 0 Å². The number of fused-ring (bicyclic) bond motifs is 2. The van der Waals surface area contributed by atoms with Gasteiger partial charge in [0.15, 0.2) is 0 Å². The van der Waals surface area contributed by atoms with Crippen LogP contribution in [0.25, 0.3) is 0 Å². The highest BCUT2D eigenvalue weighted by Gasteiger charge is 2.56. The van der Waals surface area contributed by atoms with Gasteiger partial charge in [-0.2, -0.15) is 0 Å². The Kier molecular flexibility index (Phi) is 2.93. The molecule has 2 rings (SSSR count). The summed E-state index contributed by atoms with van der Waals surface area (Å²) in [5.41, 5.74) is 0.771. The topological polar surface area (TPSA) is 27.7 Å². The molecule has 82 valence electrons. The molecule has 2 unspecified atom stereocenters. The molecule has 4 atom stereocenters. The summed E-state index contributed by atoms with van der Waals surface area (Å²) in [5.74, 6) is 0.110. The van der Waals surface area contributed by atoms with Crippen LogP contribution in [0.15, 0.2) is 12.2 Å². The van der Waals surface area contributed by atoms with Crippen molar-refractivity contribution in [3.8, 4) is 0 Å². The average Bonchev–Trinajstić information content (AvgIpc) is 2.41. The lowest BCUT2D eigenvalue weighted by molar-refractivity contribution is -0.124. The first-order valence-electron chi connectivity index (χ1n) is 5.27. The summed E-state index contributed by atoms with van der Waals surface area (Å²) in [4.78, 5) is 0. The summed E-state index contributed by atoms with van der Waals surface area (Å²) >= 11 is 0. The SMILES string of the molecule is [B][C@@H]1O[C@@]2(COC)CCC(=C)C1C2OC. The monoisotopic (exact) mass is 208 g/mol. The molecular weight excluding hydrogens is 191 g/mol. The van der Waals surface area contributed by atoms with E-state index in [2.05, 4.69) is 6.58 Å². The lowest BCUT2D eigenvalue weighted by atomic mass is 9.71. The van der Waals surface area contributed by atoms with E-state index in [0.717, 1.165) is 18.4 Å². The van der Waals surface area contributed by atoms with Crippen LogP contribution in [0.1, 0.15) is 12.8 Å². The van der Waals surface area contributed by atoms with Gasteiger partial charge in [-0.05, 0) is 12.8 Å². The Balaban J connectivity index is 2.28. The number of rotatable bonds is 3. The minimum atomic E-state index is -0.366. The Morgan fingerprint density at radius 2 is 2.33 bits per heavy atom. The molecule has 2 fully saturated rings. The summed E-state index contributed by atoms with van der Waals surface area (Å²) < 4.78 is 16.6. The predicted molar refractivity (Wildman–Crippen MR) is 57.9 cm³/mol. The molecule has 15 heavy (non-hydrogen) atoms. The van der Waals surface area contributed by atoms with Crippen LogP contribution in [-0.4, -0.2) is 46.4 Å². The van der Waals surface area contributed by atoms with Crippen LogP contribution < -0.4 is 0 Å². The standard InChI is InChI=1S/C11H17BO3/c1-7-4-5-11(6-13-2)9(14-3)8(7)10(12)15-11/h8-10H,1,4-6H2,2-3H3/t8?,9?,10-,11-/m1/s1. The summed E-state index contributed by atoms with van der Waals surface area (Å²) in [6.07, 6.45) is 1.80. The molecule has 0 aromatic heterocycles. The quantitative estimate of drug-likeness (QED) is 0.509. The van der Waals surface area contributed by atoms with E-state index in [9.17, 15) is 0 Å². The zero-order valence-electron chi connectivity index (χ0n) is 9.36. The van der Waals surface area contributed by atoms with Crippen molar-refractivity contribution in [2.24, 2.45) is 5.92 Å². The Bertz CT molecular complexity index is 269. The van der Waals surface area contributed by atoms with Crippen LogP contribution in [0.3, 0.4) is 0 Å². The van der Waals surface area contributed by atoms with E-state index in [1.807, 2.05) is 0 Å². The van der Waals surface area contributed by atoms with E-state index in [-0.39, 0.29) is 23.6 Å². The first kappa shape index (κ1) is 11.2. The third kappa shape index (κ3) is 1.55. The first-order valence-corrected chi connectivity index (χ1v) is 5.27. The zero-order valence-corrected chi connectivity index (χ0v) is 9.36. The van der Waals surface area contributed by atoms with Gasteiger partial charge in [-0.1, -0.05) is 12.2 Å². The molecule has 0 aromatic carbocycles. The molecule has 2 bridgehead atoms. The molecule has 0 spiro atoms. The van der Waals surface area contributed by atoms with Gasteiger partial charge in [0.2, 0.25) is 0 Å². The molecule has 4 heteroatoms. The molecule has 2 radical (unpaired) electrons. The van der Waals surface area contributed by atoms with Crippen molar-refractivity contribution in [3.05, 3.63) is 12.2 Å². The number of ether oxygens (including phenoxy) is 3. The molecule has 0 N–H and O–H groups in total. The second-order valence-corrected chi connectivity index (χ2v) is 4.42. The molecule has 1 aliphatic carbocycles. The van der Waals surface area contributed by atoms with Crippen LogP contribution in [0.5, 0.6) is 0 Å². The maximum absolute atomic E-state index is 5.97. The fraction of sp³-hybridized carbons (Fsp3) is 0.818. The van der Waals surface area contributed by atoms with Crippen molar-refractivity contribution in [1.29, 1.82) is 0 Å². The van der Waals surface area contributed by atoms with Crippen LogP contribution in [0.2, 0.25) is 0 Å². The maximum Gasteiger partial charge on any atom is 0.118 e. The van der Waals surface area contributed by atoms with E-state index in [1.54, 1.807) is 14.2 Å². The van der Waals surface area contributed by atoms with Gasteiger partial charge >= 0.3 is 0 Å². The van der Waals surface area contributed by atoms with Gasteiger partial charge in [-0.3, -0.25) is 0 Å². The third-order valence-corrected chi connectivity index (χ3v) is 3.55. The Labute approximate surface area is 92.2 Å². The van der Waals surface area contributed by atoms with Gasteiger partial charge < -0.3 is 14.2 Å². The maximum atomic E-state index is 5.97. The zero-order chi connectivity index (χ0) is 11.1. The van der Waals surface area contributed by atoms with Gasteiger partial charge in [0.1, 0.15) is 13.4 Å².